The van der Waals surface area contributed by atoms with Gasteiger partial charge in [0, 0.05) is 19.8 Å². The van der Waals surface area contributed by atoms with Gasteiger partial charge in [-0.15, -0.1) is 0 Å². The number of amides is 2. The van der Waals surface area contributed by atoms with Crippen molar-refractivity contribution in [3.05, 3.63) is 78.4 Å². The van der Waals surface area contributed by atoms with Gasteiger partial charge in [-0.25, -0.2) is 4.79 Å². The van der Waals surface area contributed by atoms with Gasteiger partial charge in [0.05, 0.1) is 7.11 Å². The second kappa shape index (κ2) is 13.2. The molecule has 1 atom stereocenters. The first-order valence-corrected chi connectivity index (χ1v) is 10.8. The SMILES string of the molecule is C=CCOC(=O)NC(c1ccccc1)C(OCC)(OCC)C(=O)NCc1ccc(OC)cc1. The number of hydrogen-bond acceptors (Lipinski definition) is 6. The van der Waals surface area contributed by atoms with E-state index in [4.69, 9.17) is 18.9 Å². The summed E-state index contributed by atoms with van der Waals surface area (Å²) in [6.07, 6.45) is 0.729. The predicted molar refractivity (Wildman–Crippen MR) is 125 cm³/mol. The zero-order valence-corrected chi connectivity index (χ0v) is 19.3. The van der Waals surface area contributed by atoms with E-state index in [-0.39, 0.29) is 26.4 Å². The molecule has 2 amide bonds. The Hall–Kier alpha value is -3.36. The Labute approximate surface area is 194 Å². The van der Waals surface area contributed by atoms with Crippen LogP contribution in [0, 0.1) is 0 Å². The number of carbonyl (C=O) groups is 2. The van der Waals surface area contributed by atoms with Crippen molar-refractivity contribution in [3.8, 4) is 5.75 Å². The van der Waals surface area contributed by atoms with Crippen molar-refractivity contribution < 1.29 is 28.5 Å². The van der Waals surface area contributed by atoms with Crippen LogP contribution in [0.15, 0.2) is 67.3 Å². The summed E-state index contributed by atoms with van der Waals surface area (Å²) in [5, 5.41) is 5.61. The second-order valence-corrected chi connectivity index (χ2v) is 6.94. The summed E-state index contributed by atoms with van der Waals surface area (Å²) in [5.41, 5.74) is 1.48. The van der Waals surface area contributed by atoms with Gasteiger partial charge >= 0.3 is 6.09 Å². The molecule has 33 heavy (non-hydrogen) atoms. The molecule has 0 bridgehead atoms. The number of nitrogens with one attached hydrogen (secondary N) is 2. The minimum Gasteiger partial charge on any atom is -0.497 e. The zero-order chi connectivity index (χ0) is 24.1. The zero-order valence-electron chi connectivity index (χ0n) is 19.3. The summed E-state index contributed by atoms with van der Waals surface area (Å²) < 4.78 is 22.1. The van der Waals surface area contributed by atoms with Crippen LogP contribution in [0.5, 0.6) is 5.75 Å². The molecule has 2 aromatic carbocycles. The van der Waals surface area contributed by atoms with Gasteiger partial charge in [-0.2, -0.15) is 0 Å². The van der Waals surface area contributed by atoms with Crippen molar-refractivity contribution >= 4 is 12.0 Å². The topological polar surface area (TPSA) is 95.1 Å². The van der Waals surface area contributed by atoms with E-state index in [1.54, 1.807) is 45.2 Å². The van der Waals surface area contributed by atoms with Crippen LogP contribution in [-0.2, 0) is 25.5 Å². The summed E-state index contributed by atoms with van der Waals surface area (Å²) in [7, 11) is 1.59. The minimum atomic E-state index is -1.83. The Bertz CT molecular complexity index is 880. The Morgan fingerprint density at radius 1 is 1.03 bits per heavy atom. The summed E-state index contributed by atoms with van der Waals surface area (Å²) in [4.78, 5) is 26.0. The van der Waals surface area contributed by atoms with Gasteiger partial charge in [-0.3, -0.25) is 4.79 Å². The van der Waals surface area contributed by atoms with Gasteiger partial charge < -0.3 is 29.6 Å². The fourth-order valence-corrected chi connectivity index (χ4v) is 3.29. The van der Waals surface area contributed by atoms with Crippen molar-refractivity contribution in [1.82, 2.24) is 10.6 Å². The van der Waals surface area contributed by atoms with Crippen molar-refractivity contribution in [2.45, 2.75) is 32.2 Å². The number of methoxy groups -OCH3 is 1. The molecule has 0 spiro atoms. The summed E-state index contributed by atoms with van der Waals surface area (Å²) in [5.74, 6) is -1.64. The fraction of sp³-hybridized carbons (Fsp3) is 0.360. The molecule has 0 saturated carbocycles. The molecule has 0 aromatic heterocycles. The van der Waals surface area contributed by atoms with Crippen LogP contribution in [0.25, 0.3) is 0 Å². The van der Waals surface area contributed by atoms with Gasteiger partial charge in [-0.05, 0) is 37.1 Å². The largest absolute Gasteiger partial charge is 0.497 e. The number of benzene rings is 2. The molecule has 0 saturated heterocycles. The highest BCUT2D eigenvalue weighted by Crippen LogP contribution is 2.32. The number of hydrogen-bond donors (Lipinski definition) is 2. The Balaban J connectivity index is 2.38. The fourth-order valence-electron chi connectivity index (χ4n) is 3.29. The first kappa shape index (κ1) is 25.9. The smallest absolute Gasteiger partial charge is 0.408 e. The van der Waals surface area contributed by atoms with Crippen molar-refractivity contribution in [1.29, 1.82) is 0 Å². The van der Waals surface area contributed by atoms with E-state index in [1.807, 2.05) is 30.3 Å². The highest BCUT2D eigenvalue weighted by atomic mass is 16.7. The standard InChI is InChI=1S/C25H32N2O6/c1-5-17-31-24(29)27-22(20-11-9-8-10-12-20)25(32-6-2,33-7-3)23(28)26-18-19-13-15-21(30-4)16-14-19/h5,8-16,22H,1,6-7,17-18H2,2-4H3,(H,26,28)(H,27,29). The van der Waals surface area contributed by atoms with Gasteiger partial charge in [0.25, 0.3) is 11.7 Å². The van der Waals surface area contributed by atoms with Gasteiger partial charge in [0.1, 0.15) is 18.4 Å². The molecule has 2 rings (SSSR count). The maximum absolute atomic E-state index is 13.6. The Morgan fingerprint density at radius 2 is 1.67 bits per heavy atom. The molecule has 0 aliphatic carbocycles. The lowest BCUT2D eigenvalue weighted by atomic mass is 9.96. The van der Waals surface area contributed by atoms with Crippen LogP contribution >= 0.6 is 0 Å². The lowest BCUT2D eigenvalue weighted by Gasteiger charge is -2.38. The number of rotatable bonds is 13. The first-order chi connectivity index (χ1) is 16.0. The summed E-state index contributed by atoms with van der Waals surface area (Å²) in [6.45, 7) is 7.64. The van der Waals surface area contributed by atoms with Crippen molar-refractivity contribution in [2.75, 3.05) is 26.9 Å². The van der Waals surface area contributed by atoms with Crippen LogP contribution in [-0.4, -0.2) is 44.7 Å². The Kier molecular flexibility index (Phi) is 10.4. The number of carbonyl (C=O) groups excluding carboxylic acids is 2. The molecule has 8 heteroatoms. The highest BCUT2D eigenvalue weighted by molar-refractivity contribution is 5.86. The van der Waals surface area contributed by atoms with E-state index >= 15 is 0 Å². The van der Waals surface area contributed by atoms with Crippen LogP contribution < -0.4 is 15.4 Å². The van der Waals surface area contributed by atoms with Crippen LogP contribution in [0.3, 0.4) is 0 Å². The first-order valence-electron chi connectivity index (χ1n) is 10.8. The third-order valence-electron chi connectivity index (χ3n) is 4.75. The van der Waals surface area contributed by atoms with Crippen molar-refractivity contribution in [3.63, 3.8) is 0 Å². The van der Waals surface area contributed by atoms with E-state index in [9.17, 15) is 9.59 Å². The molecule has 0 fully saturated rings. The van der Waals surface area contributed by atoms with E-state index < -0.39 is 23.8 Å². The molecule has 0 heterocycles. The summed E-state index contributed by atoms with van der Waals surface area (Å²) >= 11 is 0. The van der Waals surface area contributed by atoms with E-state index in [0.717, 1.165) is 11.3 Å². The predicted octanol–water partition coefficient (Wildman–Crippen LogP) is 3.73. The molecule has 0 radical (unpaired) electrons. The molecule has 8 nitrogen and oxygen atoms in total. The van der Waals surface area contributed by atoms with Crippen LogP contribution in [0.4, 0.5) is 4.79 Å². The Morgan fingerprint density at radius 3 is 2.21 bits per heavy atom. The minimum absolute atomic E-state index is 0.0211. The van der Waals surface area contributed by atoms with E-state index in [2.05, 4.69) is 17.2 Å². The molecule has 1 unspecified atom stereocenters. The number of ether oxygens (including phenoxy) is 4. The van der Waals surface area contributed by atoms with Gasteiger partial charge in [0.15, 0.2) is 0 Å². The molecule has 0 aliphatic rings. The lowest BCUT2D eigenvalue weighted by molar-refractivity contribution is -0.241. The molecular weight excluding hydrogens is 424 g/mol. The second-order valence-electron chi connectivity index (χ2n) is 6.94. The molecular formula is C25H32N2O6. The monoisotopic (exact) mass is 456 g/mol. The van der Waals surface area contributed by atoms with E-state index in [1.165, 1.54) is 6.08 Å². The van der Waals surface area contributed by atoms with E-state index in [0.29, 0.717) is 5.56 Å². The number of alkyl carbamates (subject to hydrolysis) is 1. The third kappa shape index (κ3) is 7.06. The van der Waals surface area contributed by atoms with Gasteiger partial charge in [0.2, 0.25) is 0 Å². The molecule has 2 N–H and O–H groups in total. The average molecular weight is 457 g/mol. The van der Waals surface area contributed by atoms with Crippen LogP contribution in [0.1, 0.15) is 31.0 Å². The lowest BCUT2D eigenvalue weighted by Crippen LogP contribution is -2.59. The van der Waals surface area contributed by atoms with Gasteiger partial charge in [-0.1, -0.05) is 55.1 Å². The molecule has 0 aliphatic heterocycles. The normalized spacial score (nSPS) is 11.8. The third-order valence-corrected chi connectivity index (χ3v) is 4.75. The molecule has 2 aromatic rings. The quantitative estimate of drug-likeness (QED) is 0.352. The van der Waals surface area contributed by atoms with Crippen LogP contribution in [0.2, 0.25) is 0 Å². The molecule has 178 valence electrons. The maximum Gasteiger partial charge on any atom is 0.408 e. The maximum atomic E-state index is 13.6. The highest BCUT2D eigenvalue weighted by Gasteiger charge is 2.50. The average Bonchev–Trinajstić information content (AvgIpc) is 2.85. The summed E-state index contributed by atoms with van der Waals surface area (Å²) in [6, 6.07) is 15.3. The van der Waals surface area contributed by atoms with Crippen molar-refractivity contribution in [2.24, 2.45) is 0 Å².